The second kappa shape index (κ2) is 9.13. The van der Waals surface area contributed by atoms with Crippen LogP contribution in [0.4, 0.5) is 10.5 Å². The third-order valence-corrected chi connectivity index (χ3v) is 5.15. The zero-order valence-corrected chi connectivity index (χ0v) is 15.4. The van der Waals surface area contributed by atoms with E-state index >= 15 is 0 Å². The standard InChI is InChI=1S/C16H25ClN2O3S/c1-4-6-7-12(5-2)11-18-16(20)19-15-10-13(23(3,21)22)8-9-14(15)17/h8-10,12H,4-7,11H2,1-3H3,(H2,18,19,20). The molecule has 0 radical (unpaired) electrons. The number of anilines is 1. The Bertz CT molecular complexity index is 632. The molecule has 0 saturated heterocycles. The summed E-state index contributed by atoms with van der Waals surface area (Å²) >= 11 is 6.01. The maximum atomic E-state index is 12.0. The Kier molecular flexibility index (Phi) is 7.85. The zero-order valence-electron chi connectivity index (χ0n) is 13.9. The van der Waals surface area contributed by atoms with Crippen molar-refractivity contribution in [3.05, 3.63) is 23.2 Å². The Morgan fingerprint density at radius 1 is 1.30 bits per heavy atom. The van der Waals surface area contributed by atoms with Crippen LogP contribution in [0.25, 0.3) is 0 Å². The first-order chi connectivity index (χ1) is 10.8. The van der Waals surface area contributed by atoms with Gasteiger partial charge in [-0.3, -0.25) is 0 Å². The molecule has 1 aromatic rings. The summed E-state index contributed by atoms with van der Waals surface area (Å²) in [6.07, 6.45) is 5.47. The Balaban J connectivity index is 2.67. The summed E-state index contributed by atoms with van der Waals surface area (Å²) in [5.41, 5.74) is 0.286. The van der Waals surface area contributed by atoms with E-state index in [1.165, 1.54) is 18.2 Å². The van der Waals surface area contributed by atoms with Gasteiger partial charge in [0, 0.05) is 12.8 Å². The van der Waals surface area contributed by atoms with E-state index in [2.05, 4.69) is 24.5 Å². The molecular formula is C16H25ClN2O3S. The molecule has 0 aliphatic carbocycles. The van der Waals surface area contributed by atoms with Gasteiger partial charge in [-0.1, -0.05) is 44.7 Å². The van der Waals surface area contributed by atoms with Crippen LogP contribution in [0.15, 0.2) is 23.1 Å². The average Bonchev–Trinajstić information content (AvgIpc) is 2.48. The lowest BCUT2D eigenvalue weighted by atomic mass is 9.99. The van der Waals surface area contributed by atoms with Gasteiger partial charge in [-0.15, -0.1) is 0 Å². The molecule has 7 heteroatoms. The molecule has 0 aliphatic rings. The molecule has 2 amide bonds. The van der Waals surface area contributed by atoms with Crippen molar-refractivity contribution in [1.82, 2.24) is 5.32 Å². The maximum Gasteiger partial charge on any atom is 0.319 e. The number of halogens is 1. The fourth-order valence-electron chi connectivity index (χ4n) is 2.18. The normalized spacial score (nSPS) is 12.7. The number of urea groups is 1. The minimum absolute atomic E-state index is 0.117. The highest BCUT2D eigenvalue weighted by molar-refractivity contribution is 7.90. The number of unbranched alkanes of at least 4 members (excludes halogenated alkanes) is 1. The van der Waals surface area contributed by atoms with Crippen LogP contribution in [0.2, 0.25) is 5.02 Å². The summed E-state index contributed by atoms with van der Waals surface area (Å²) in [4.78, 5) is 12.1. The van der Waals surface area contributed by atoms with E-state index in [4.69, 9.17) is 11.6 Å². The number of benzene rings is 1. The van der Waals surface area contributed by atoms with Crippen LogP contribution in [0, 0.1) is 5.92 Å². The van der Waals surface area contributed by atoms with Gasteiger partial charge >= 0.3 is 6.03 Å². The Morgan fingerprint density at radius 2 is 2.00 bits per heavy atom. The second-order valence-electron chi connectivity index (χ2n) is 5.67. The predicted octanol–water partition coefficient (Wildman–Crippen LogP) is 4.08. The topological polar surface area (TPSA) is 75.3 Å². The van der Waals surface area contributed by atoms with Crippen LogP contribution in [0.5, 0.6) is 0 Å². The molecule has 5 nitrogen and oxygen atoms in total. The van der Waals surface area contributed by atoms with E-state index in [0.717, 1.165) is 31.9 Å². The summed E-state index contributed by atoms with van der Waals surface area (Å²) in [5, 5.41) is 5.73. The van der Waals surface area contributed by atoms with Crippen molar-refractivity contribution >= 4 is 33.2 Å². The lowest BCUT2D eigenvalue weighted by molar-refractivity contribution is 0.249. The van der Waals surface area contributed by atoms with Crippen molar-refractivity contribution in [3.8, 4) is 0 Å². The fourth-order valence-corrected chi connectivity index (χ4v) is 2.99. The molecule has 130 valence electrons. The molecule has 0 spiro atoms. The van der Waals surface area contributed by atoms with Gasteiger partial charge in [0.25, 0.3) is 0 Å². The molecule has 0 saturated carbocycles. The SMILES string of the molecule is CCCCC(CC)CNC(=O)Nc1cc(S(C)(=O)=O)ccc1Cl. The fraction of sp³-hybridized carbons (Fsp3) is 0.562. The summed E-state index contributed by atoms with van der Waals surface area (Å²) in [7, 11) is -3.35. The van der Waals surface area contributed by atoms with E-state index in [-0.39, 0.29) is 16.6 Å². The third-order valence-electron chi connectivity index (χ3n) is 3.71. The predicted molar refractivity (Wildman–Crippen MR) is 94.9 cm³/mol. The van der Waals surface area contributed by atoms with Gasteiger partial charge in [0.2, 0.25) is 0 Å². The molecule has 1 atom stereocenters. The van der Waals surface area contributed by atoms with Gasteiger partial charge in [0.1, 0.15) is 0 Å². The third kappa shape index (κ3) is 6.79. The van der Waals surface area contributed by atoms with E-state index in [1.807, 2.05) is 0 Å². The molecular weight excluding hydrogens is 336 g/mol. The first kappa shape index (κ1) is 19.8. The molecule has 0 fully saturated rings. The molecule has 0 heterocycles. The van der Waals surface area contributed by atoms with Gasteiger partial charge in [0.05, 0.1) is 15.6 Å². The van der Waals surface area contributed by atoms with Crippen molar-refractivity contribution in [3.63, 3.8) is 0 Å². The highest BCUT2D eigenvalue weighted by Gasteiger charge is 2.13. The van der Waals surface area contributed by atoms with Crippen LogP contribution in [0.1, 0.15) is 39.5 Å². The van der Waals surface area contributed by atoms with E-state index in [9.17, 15) is 13.2 Å². The molecule has 2 N–H and O–H groups in total. The molecule has 1 aromatic carbocycles. The van der Waals surface area contributed by atoms with E-state index < -0.39 is 9.84 Å². The van der Waals surface area contributed by atoms with Crippen molar-refractivity contribution in [2.75, 3.05) is 18.1 Å². The molecule has 0 aromatic heterocycles. The highest BCUT2D eigenvalue weighted by Crippen LogP contribution is 2.25. The molecule has 0 aliphatic heterocycles. The number of hydrogen-bond donors (Lipinski definition) is 2. The Morgan fingerprint density at radius 3 is 2.57 bits per heavy atom. The number of hydrogen-bond acceptors (Lipinski definition) is 3. The van der Waals surface area contributed by atoms with Crippen molar-refractivity contribution < 1.29 is 13.2 Å². The lowest BCUT2D eigenvalue weighted by Crippen LogP contribution is -2.33. The summed E-state index contributed by atoms with van der Waals surface area (Å²) in [6, 6.07) is 3.86. The first-order valence-corrected chi connectivity index (χ1v) is 10.1. The van der Waals surface area contributed by atoms with Crippen molar-refractivity contribution in [2.24, 2.45) is 5.92 Å². The van der Waals surface area contributed by atoms with Crippen LogP contribution >= 0.6 is 11.6 Å². The van der Waals surface area contributed by atoms with Crippen LogP contribution in [-0.2, 0) is 9.84 Å². The maximum absolute atomic E-state index is 12.0. The first-order valence-electron chi connectivity index (χ1n) is 7.82. The van der Waals surface area contributed by atoms with Gasteiger partial charge in [-0.2, -0.15) is 0 Å². The van der Waals surface area contributed by atoms with Gasteiger partial charge in [0.15, 0.2) is 9.84 Å². The minimum Gasteiger partial charge on any atom is -0.338 e. The summed E-state index contributed by atoms with van der Waals surface area (Å²) < 4.78 is 23.1. The van der Waals surface area contributed by atoms with E-state index in [1.54, 1.807) is 0 Å². The zero-order chi connectivity index (χ0) is 17.5. The van der Waals surface area contributed by atoms with Crippen LogP contribution in [-0.4, -0.2) is 27.2 Å². The molecule has 0 bridgehead atoms. The quantitative estimate of drug-likeness (QED) is 0.733. The number of nitrogens with one attached hydrogen (secondary N) is 2. The molecule has 1 unspecified atom stereocenters. The van der Waals surface area contributed by atoms with E-state index in [0.29, 0.717) is 17.5 Å². The van der Waals surface area contributed by atoms with Gasteiger partial charge in [-0.05, 0) is 30.5 Å². The van der Waals surface area contributed by atoms with Gasteiger partial charge in [-0.25, -0.2) is 13.2 Å². The van der Waals surface area contributed by atoms with Gasteiger partial charge < -0.3 is 10.6 Å². The Hall–Kier alpha value is -1.27. The molecule has 23 heavy (non-hydrogen) atoms. The molecule has 1 rings (SSSR count). The lowest BCUT2D eigenvalue weighted by Gasteiger charge is -2.16. The van der Waals surface area contributed by atoms with Crippen molar-refractivity contribution in [1.29, 1.82) is 0 Å². The highest BCUT2D eigenvalue weighted by atomic mass is 35.5. The second-order valence-corrected chi connectivity index (χ2v) is 8.09. The number of rotatable bonds is 8. The van der Waals surface area contributed by atoms with Crippen molar-refractivity contribution in [2.45, 2.75) is 44.4 Å². The largest absolute Gasteiger partial charge is 0.338 e. The number of carbonyl (C=O) groups excluding carboxylic acids is 1. The smallest absolute Gasteiger partial charge is 0.319 e. The summed E-state index contributed by atoms with van der Waals surface area (Å²) in [5.74, 6) is 0.443. The van der Waals surface area contributed by atoms with Crippen LogP contribution < -0.4 is 10.6 Å². The number of amides is 2. The monoisotopic (exact) mass is 360 g/mol. The number of carbonyl (C=O) groups is 1. The minimum atomic E-state index is -3.35. The number of sulfone groups is 1. The summed E-state index contributed by atoms with van der Waals surface area (Å²) in [6.45, 7) is 4.84. The van der Waals surface area contributed by atoms with Crippen LogP contribution in [0.3, 0.4) is 0 Å². The Labute approximate surface area is 143 Å². The average molecular weight is 361 g/mol.